The number of rotatable bonds is 6. The van der Waals surface area contributed by atoms with Gasteiger partial charge in [-0.3, -0.25) is 0 Å². The molecule has 1 aliphatic carbocycles. The molecule has 1 atom stereocenters. The van der Waals surface area contributed by atoms with Gasteiger partial charge in [0.15, 0.2) is 0 Å². The first-order valence-electron chi connectivity index (χ1n) is 7.90. The number of ether oxygens (including phenoxy) is 1. The van der Waals surface area contributed by atoms with E-state index in [0.717, 1.165) is 17.9 Å². The van der Waals surface area contributed by atoms with Gasteiger partial charge in [-0.25, -0.2) is 8.78 Å². The van der Waals surface area contributed by atoms with Crippen LogP contribution >= 0.6 is 0 Å². The Bertz CT molecular complexity index is 440. The second-order valence-corrected chi connectivity index (χ2v) is 5.70. The second-order valence-electron chi connectivity index (χ2n) is 5.70. The number of hydrogen-bond donors (Lipinski definition) is 1. The Balaban J connectivity index is 2.19. The van der Waals surface area contributed by atoms with E-state index in [9.17, 15) is 8.78 Å². The normalized spacial score (nSPS) is 20.2. The van der Waals surface area contributed by atoms with Crippen LogP contribution in [0.3, 0.4) is 0 Å². The summed E-state index contributed by atoms with van der Waals surface area (Å²) in [6, 6.07) is 8.03. The van der Waals surface area contributed by atoms with Crippen LogP contribution in [0.2, 0.25) is 0 Å². The van der Waals surface area contributed by atoms with E-state index in [2.05, 4.69) is 5.32 Å². The highest BCUT2D eigenvalue weighted by Gasteiger charge is 2.38. The van der Waals surface area contributed by atoms with Gasteiger partial charge >= 0.3 is 0 Å². The fourth-order valence-corrected chi connectivity index (χ4v) is 3.17. The van der Waals surface area contributed by atoms with E-state index >= 15 is 0 Å². The van der Waals surface area contributed by atoms with E-state index in [4.69, 9.17) is 4.74 Å². The number of benzene rings is 1. The maximum atomic E-state index is 13.4. The molecule has 1 aromatic carbocycles. The highest BCUT2D eigenvalue weighted by molar-refractivity contribution is 5.36. The first kappa shape index (κ1) is 16.2. The lowest BCUT2D eigenvalue weighted by Crippen LogP contribution is -2.34. The third-order valence-corrected chi connectivity index (χ3v) is 4.21. The lowest BCUT2D eigenvalue weighted by molar-refractivity contribution is -0.0497. The minimum absolute atomic E-state index is 0.00361. The standard InChI is InChI=1S/C17H25F2NO/c1-3-20-16(13-9-11-17(18,19)12-10-13)14-7-5-6-8-15(14)21-4-2/h5-8,13,16,20H,3-4,9-12H2,1-2H3. The van der Waals surface area contributed by atoms with Crippen molar-refractivity contribution in [3.8, 4) is 5.75 Å². The molecule has 0 amide bonds. The first-order valence-corrected chi connectivity index (χ1v) is 7.90. The van der Waals surface area contributed by atoms with E-state index in [1.165, 1.54) is 0 Å². The highest BCUT2D eigenvalue weighted by atomic mass is 19.3. The molecule has 0 bridgehead atoms. The lowest BCUT2D eigenvalue weighted by atomic mass is 9.79. The Labute approximate surface area is 125 Å². The summed E-state index contributed by atoms with van der Waals surface area (Å²) >= 11 is 0. The molecule has 0 spiro atoms. The van der Waals surface area contributed by atoms with Gasteiger partial charge in [-0.1, -0.05) is 25.1 Å². The quantitative estimate of drug-likeness (QED) is 0.831. The number of para-hydroxylation sites is 1. The number of hydrogen-bond acceptors (Lipinski definition) is 2. The van der Waals surface area contributed by atoms with Crippen LogP contribution in [0.4, 0.5) is 8.78 Å². The monoisotopic (exact) mass is 297 g/mol. The molecule has 0 saturated heterocycles. The highest BCUT2D eigenvalue weighted by Crippen LogP contribution is 2.43. The average molecular weight is 297 g/mol. The molecule has 1 fully saturated rings. The molecule has 0 aliphatic heterocycles. The summed E-state index contributed by atoms with van der Waals surface area (Å²) < 4.78 is 32.5. The van der Waals surface area contributed by atoms with Crippen molar-refractivity contribution in [1.82, 2.24) is 5.32 Å². The number of nitrogens with one attached hydrogen (secondary N) is 1. The molecule has 0 aromatic heterocycles. The van der Waals surface area contributed by atoms with Gasteiger partial charge < -0.3 is 10.1 Å². The molecule has 21 heavy (non-hydrogen) atoms. The first-order chi connectivity index (χ1) is 10.1. The second kappa shape index (κ2) is 7.21. The third-order valence-electron chi connectivity index (χ3n) is 4.21. The average Bonchev–Trinajstić information content (AvgIpc) is 2.46. The van der Waals surface area contributed by atoms with Crippen LogP contribution in [0.5, 0.6) is 5.75 Å². The van der Waals surface area contributed by atoms with Crippen molar-refractivity contribution < 1.29 is 13.5 Å². The van der Waals surface area contributed by atoms with Gasteiger partial charge in [-0.2, -0.15) is 0 Å². The molecule has 1 unspecified atom stereocenters. The molecule has 1 aliphatic rings. The molecule has 1 N–H and O–H groups in total. The maximum absolute atomic E-state index is 13.4. The summed E-state index contributed by atoms with van der Waals surface area (Å²) in [6.07, 6.45) is 1.11. The van der Waals surface area contributed by atoms with Gasteiger partial charge in [-0.05, 0) is 38.3 Å². The van der Waals surface area contributed by atoms with Crippen molar-refractivity contribution in [1.29, 1.82) is 0 Å². The topological polar surface area (TPSA) is 21.3 Å². The molecule has 0 radical (unpaired) electrons. The molecule has 118 valence electrons. The maximum Gasteiger partial charge on any atom is 0.248 e. The van der Waals surface area contributed by atoms with Crippen molar-refractivity contribution >= 4 is 0 Å². The predicted molar refractivity (Wildman–Crippen MR) is 80.9 cm³/mol. The van der Waals surface area contributed by atoms with Gasteiger partial charge in [0.25, 0.3) is 0 Å². The summed E-state index contributed by atoms with van der Waals surface area (Å²) in [6.45, 7) is 5.44. The summed E-state index contributed by atoms with van der Waals surface area (Å²) in [5.41, 5.74) is 1.09. The fraction of sp³-hybridized carbons (Fsp3) is 0.647. The molecule has 1 aromatic rings. The Morgan fingerprint density at radius 3 is 2.52 bits per heavy atom. The van der Waals surface area contributed by atoms with Crippen LogP contribution in [-0.4, -0.2) is 19.1 Å². The van der Waals surface area contributed by atoms with Crippen molar-refractivity contribution in [3.05, 3.63) is 29.8 Å². The smallest absolute Gasteiger partial charge is 0.248 e. The molecule has 2 nitrogen and oxygen atoms in total. The van der Waals surface area contributed by atoms with Crippen molar-refractivity contribution in [2.24, 2.45) is 5.92 Å². The Hall–Kier alpha value is -1.16. The van der Waals surface area contributed by atoms with E-state index in [0.29, 0.717) is 19.4 Å². The Morgan fingerprint density at radius 1 is 1.24 bits per heavy atom. The van der Waals surface area contributed by atoms with Crippen molar-refractivity contribution in [3.63, 3.8) is 0 Å². The molecular formula is C17H25F2NO. The van der Waals surface area contributed by atoms with E-state index < -0.39 is 5.92 Å². The zero-order valence-electron chi connectivity index (χ0n) is 12.9. The molecule has 4 heteroatoms. The summed E-state index contributed by atoms with van der Waals surface area (Å²) in [5.74, 6) is -1.37. The molecule has 0 heterocycles. The van der Waals surface area contributed by atoms with Crippen LogP contribution in [0, 0.1) is 5.92 Å². The predicted octanol–water partition coefficient (Wildman–Crippen LogP) is 4.56. The molecule has 1 saturated carbocycles. The zero-order chi connectivity index (χ0) is 15.3. The van der Waals surface area contributed by atoms with Crippen LogP contribution in [0.1, 0.15) is 51.1 Å². The van der Waals surface area contributed by atoms with E-state index in [-0.39, 0.29) is 24.8 Å². The summed E-state index contributed by atoms with van der Waals surface area (Å²) in [5, 5.41) is 3.47. The van der Waals surface area contributed by atoms with Crippen LogP contribution < -0.4 is 10.1 Å². The minimum Gasteiger partial charge on any atom is -0.494 e. The van der Waals surface area contributed by atoms with Gasteiger partial charge in [0.1, 0.15) is 5.75 Å². The van der Waals surface area contributed by atoms with Crippen molar-refractivity contribution in [2.45, 2.75) is 51.5 Å². The van der Waals surface area contributed by atoms with Gasteiger partial charge in [-0.15, -0.1) is 0 Å². The molecular weight excluding hydrogens is 272 g/mol. The van der Waals surface area contributed by atoms with E-state index in [1.54, 1.807) is 0 Å². The van der Waals surface area contributed by atoms with Gasteiger partial charge in [0.05, 0.1) is 6.61 Å². The van der Waals surface area contributed by atoms with Gasteiger partial charge in [0.2, 0.25) is 5.92 Å². The fourth-order valence-electron chi connectivity index (χ4n) is 3.17. The summed E-state index contributed by atoms with van der Waals surface area (Å²) in [7, 11) is 0. The van der Waals surface area contributed by atoms with E-state index in [1.807, 2.05) is 38.1 Å². The number of alkyl halides is 2. The minimum atomic E-state index is -2.48. The zero-order valence-corrected chi connectivity index (χ0v) is 12.9. The SMILES string of the molecule is CCNC(c1ccccc1OCC)C1CCC(F)(F)CC1. The lowest BCUT2D eigenvalue weighted by Gasteiger charge is -2.35. The summed E-state index contributed by atoms with van der Waals surface area (Å²) in [4.78, 5) is 0. The van der Waals surface area contributed by atoms with Crippen LogP contribution in [0.15, 0.2) is 24.3 Å². The largest absolute Gasteiger partial charge is 0.494 e. The Morgan fingerprint density at radius 2 is 1.90 bits per heavy atom. The van der Waals surface area contributed by atoms with Crippen LogP contribution in [-0.2, 0) is 0 Å². The Kier molecular flexibility index (Phi) is 5.57. The number of halogens is 2. The molecule has 2 rings (SSSR count). The third kappa shape index (κ3) is 4.16. The van der Waals surface area contributed by atoms with Gasteiger partial charge in [0, 0.05) is 24.4 Å². The van der Waals surface area contributed by atoms with Crippen molar-refractivity contribution in [2.75, 3.05) is 13.2 Å². The van der Waals surface area contributed by atoms with Crippen LogP contribution in [0.25, 0.3) is 0 Å².